The Morgan fingerprint density at radius 2 is 1.78 bits per heavy atom. The molecule has 10 nitrogen and oxygen atoms in total. The Balaban J connectivity index is 1.29. The van der Waals surface area contributed by atoms with Crippen LogP contribution in [0.5, 0.6) is 0 Å². The van der Waals surface area contributed by atoms with E-state index in [-0.39, 0.29) is 6.54 Å². The second kappa shape index (κ2) is 12.1. The van der Waals surface area contributed by atoms with Crippen LogP contribution in [0.1, 0.15) is 40.0 Å². The Labute approximate surface area is 210 Å². The first-order valence-electron chi connectivity index (χ1n) is 12.3. The molecule has 0 spiro atoms. The van der Waals surface area contributed by atoms with Gasteiger partial charge < -0.3 is 31.3 Å². The molecule has 2 heterocycles. The van der Waals surface area contributed by atoms with Gasteiger partial charge in [-0.05, 0) is 55.7 Å². The molecule has 2 aromatic rings. The highest BCUT2D eigenvalue weighted by Crippen LogP contribution is 2.21. The van der Waals surface area contributed by atoms with Crippen LogP contribution in [0.4, 0.5) is 5.69 Å². The number of rotatable bonds is 8. The predicted molar refractivity (Wildman–Crippen MR) is 137 cm³/mol. The van der Waals surface area contributed by atoms with Crippen molar-refractivity contribution in [3.05, 3.63) is 65.7 Å². The first-order chi connectivity index (χ1) is 17.5. The molecule has 0 saturated carbocycles. The van der Waals surface area contributed by atoms with E-state index in [1.54, 1.807) is 42.5 Å². The van der Waals surface area contributed by atoms with Gasteiger partial charge >= 0.3 is 5.97 Å². The van der Waals surface area contributed by atoms with Crippen molar-refractivity contribution in [1.82, 2.24) is 21.3 Å². The van der Waals surface area contributed by atoms with E-state index in [0.29, 0.717) is 17.2 Å². The lowest BCUT2D eigenvalue weighted by Crippen LogP contribution is -2.52. The Morgan fingerprint density at radius 3 is 2.47 bits per heavy atom. The smallest absolute Gasteiger partial charge is 0.328 e. The number of carboxylic acid groups (broad SMARTS) is 1. The zero-order chi connectivity index (χ0) is 25.3. The summed E-state index contributed by atoms with van der Waals surface area (Å²) >= 11 is 0. The molecule has 1 saturated heterocycles. The molecule has 5 N–H and O–H groups in total. The van der Waals surface area contributed by atoms with E-state index < -0.39 is 23.8 Å². The lowest BCUT2D eigenvalue weighted by Gasteiger charge is -2.35. The average Bonchev–Trinajstić information content (AvgIpc) is 2.92. The predicted octanol–water partition coefficient (Wildman–Crippen LogP) is 1.21. The second-order valence-electron chi connectivity index (χ2n) is 8.93. The first kappa shape index (κ1) is 25.0. The molecule has 2 atom stereocenters. The van der Waals surface area contributed by atoms with Crippen molar-refractivity contribution in [2.24, 2.45) is 4.99 Å². The van der Waals surface area contributed by atoms with Crippen LogP contribution in [-0.2, 0) is 4.79 Å². The van der Waals surface area contributed by atoms with Gasteiger partial charge in [-0.3, -0.25) is 14.6 Å². The maximum atomic E-state index is 12.6. The van der Waals surface area contributed by atoms with E-state index in [1.807, 2.05) is 12.1 Å². The number of carbonyl (C=O) groups excluding carboxylic acids is 2. The van der Waals surface area contributed by atoms with Crippen molar-refractivity contribution in [2.45, 2.75) is 31.3 Å². The normalized spacial score (nSPS) is 18.3. The molecule has 0 aliphatic carbocycles. The number of carbonyl (C=O) groups is 3. The summed E-state index contributed by atoms with van der Waals surface area (Å²) in [4.78, 5) is 43.3. The van der Waals surface area contributed by atoms with Crippen molar-refractivity contribution in [2.75, 3.05) is 37.6 Å². The highest BCUT2D eigenvalue weighted by atomic mass is 16.4. The van der Waals surface area contributed by atoms with Gasteiger partial charge in [-0.1, -0.05) is 18.2 Å². The number of nitrogens with one attached hydrogen (secondary N) is 4. The van der Waals surface area contributed by atoms with Crippen LogP contribution in [0, 0.1) is 0 Å². The van der Waals surface area contributed by atoms with Gasteiger partial charge in [0.2, 0.25) is 0 Å². The molecular weight excluding hydrogens is 460 g/mol. The van der Waals surface area contributed by atoms with Crippen molar-refractivity contribution in [3.63, 3.8) is 0 Å². The summed E-state index contributed by atoms with van der Waals surface area (Å²) < 4.78 is 0. The van der Waals surface area contributed by atoms with Crippen molar-refractivity contribution < 1.29 is 19.5 Å². The highest BCUT2D eigenvalue weighted by Gasteiger charge is 2.23. The molecule has 190 valence electrons. The summed E-state index contributed by atoms with van der Waals surface area (Å²) in [5.41, 5.74) is 1.80. The molecule has 2 aliphatic rings. The minimum absolute atomic E-state index is 0.230. The Bertz CT molecular complexity index is 1090. The summed E-state index contributed by atoms with van der Waals surface area (Å²) in [5.74, 6) is -1.26. The van der Waals surface area contributed by atoms with E-state index in [2.05, 4.69) is 31.2 Å². The zero-order valence-electron chi connectivity index (χ0n) is 20.1. The third-order valence-electron chi connectivity index (χ3n) is 6.26. The summed E-state index contributed by atoms with van der Waals surface area (Å²) in [6.45, 7) is 3.34. The van der Waals surface area contributed by atoms with Crippen LogP contribution in [0.2, 0.25) is 0 Å². The van der Waals surface area contributed by atoms with Crippen LogP contribution in [0.25, 0.3) is 0 Å². The third-order valence-corrected chi connectivity index (χ3v) is 6.26. The fourth-order valence-electron chi connectivity index (χ4n) is 4.30. The van der Waals surface area contributed by atoms with E-state index >= 15 is 0 Å². The largest absolute Gasteiger partial charge is 0.480 e. The number of nitrogens with zero attached hydrogens (tertiary/aromatic N) is 2. The van der Waals surface area contributed by atoms with Crippen LogP contribution in [0.15, 0.2) is 59.6 Å². The molecule has 0 radical (unpaired) electrons. The standard InChI is InChI=1S/C26H32N6O4/c33-23(29-16-22(25(35)36)31-24(34)18-6-2-1-3-7-18)19-9-11-21(12-10-19)32-15-4-8-20(17-32)30-26-27-13-5-14-28-26/h1-3,6-7,9-12,20,22H,4-5,8,13-17H2,(H,29,33)(H,31,34)(H,35,36)(H2,27,28,30)/t20-,22-/m0/s1. The monoisotopic (exact) mass is 492 g/mol. The second-order valence-corrected chi connectivity index (χ2v) is 8.93. The SMILES string of the molecule is O=C(NC[C@H](NC(=O)c1ccccc1)C(=O)O)c1ccc(N2CCC[C@H](NC3=NCCCN3)C2)cc1. The number of hydrogen-bond acceptors (Lipinski definition) is 7. The van der Waals surface area contributed by atoms with Crippen LogP contribution >= 0.6 is 0 Å². The molecule has 0 bridgehead atoms. The number of aliphatic carboxylic acids is 1. The number of benzene rings is 2. The van der Waals surface area contributed by atoms with Gasteiger partial charge in [0.15, 0.2) is 5.96 Å². The summed E-state index contributed by atoms with van der Waals surface area (Å²) in [7, 11) is 0. The molecule has 10 heteroatoms. The number of anilines is 1. The lowest BCUT2D eigenvalue weighted by atomic mass is 10.0. The Hall–Kier alpha value is -4.08. The maximum absolute atomic E-state index is 12.6. The first-order valence-corrected chi connectivity index (χ1v) is 12.3. The number of aliphatic imine (C=N–C) groups is 1. The summed E-state index contributed by atoms with van der Waals surface area (Å²) in [6, 6.07) is 14.7. The fourth-order valence-corrected chi connectivity index (χ4v) is 4.30. The van der Waals surface area contributed by atoms with Gasteiger partial charge in [-0.15, -0.1) is 0 Å². The van der Waals surface area contributed by atoms with Gasteiger partial charge in [0.25, 0.3) is 11.8 Å². The number of amides is 2. The van der Waals surface area contributed by atoms with Gasteiger partial charge in [0, 0.05) is 55.6 Å². The number of carboxylic acids is 1. The van der Waals surface area contributed by atoms with Gasteiger partial charge in [-0.25, -0.2) is 4.79 Å². The molecule has 1 fully saturated rings. The van der Waals surface area contributed by atoms with Crippen molar-refractivity contribution >= 4 is 29.4 Å². The topological polar surface area (TPSA) is 135 Å². The average molecular weight is 493 g/mol. The lowest BCUT2D eigenvalue weighted by molar-refractivity contribution is -0.139. The summed E-state index contributed by atoms with van der Waals surface area (Å²) in [6.07, 6.45) is 3.18. The van der Waals surface area contributed by atoms with E-state index in [9.17, 15) is 19.5 Å². The molecule has 2 amide bonds. The third kappa shape index (κ3) is 6.74. The minimum atomic E-state index is -1.25. The van der Waals surface area contributed by atoms with Gasteiger partial charge in [0.05, 0.1) is 0 Å². The molecule has 4 rings (SSSR count). The van der Waals surface area contributed by atoms with E-state index in [1.165, 1.54) is 0 Å². The van der Waals surface area contributed by atoms with Crippen LogP contribution in [0.3, 0.4) is 0 Å². The van der Waals surface area contributed by atoms with Gasteiger partial charge in [-0.2, -0.15) is 0 Å². The Kier molecular flexibility index (Phi) is 8.38. The van der Waals surface area contributed by atoms with Crippen LogP contribution < -0.4 is 26.2 Å². The van der Waals surface area contributed by atoms with Crippen molar-refractivity contribution in [1.29, 1.82) is 0 Å². The number of piperidine rings is 1. The number of hydrogen-bond donors (Lipinski definition) is 5. The van der Waals surface area contributed by atoms with Crippen molar-refractivity contribution in [3.8, 4) is 0 Å². The zero-order valence-corrected chi connectivity index (χ0v) is 20.1. The van der Waals surface area contributed by atoms with Crippen LogP contribution in [-0.4, -0.2) is 73.7 Å². The van der Waals surface area contributed by atoms with E-state index in [4.69, 9.17) is 0 Å². The van der Waals surface area contributed by atoms with Gasteiger partial charge in [0.1, 0.15) is 6.04 Å². The maximum Gasteiger partial charge on any atom is 0.328 e. The molecule has 2 aromatic carbocycles. The Morgan fingerprint density at radius 1 is 1.03 bits per heavy atom. The minimum Gasteiger partial charge on any atom is -0.480 e. The molecule has 2 aliphatic heterocycles. The van der Waals surface area contributed by atoms with E-state index in [0.717, 1.165) is 57.1 Å². The molecule has 0 aromatic heterocycles. The number of guanidine groups is 1. The molecule has 0 unspecified atom stereocenters. The fraction of sp³-hybridized carbons (Fsp3) is 0.385. The molecular formula is C26H32N6O4. The highest BCUT2D eigenvalue weighted by molar-refractivity contribution is 5.97. The molecule has 36 heavy (non-hydrogen) atoms. The summed E-state index contributed by atoms with van der Waals surface area (Å²) in [5, 5.41) is 21.3. The quantitative estimate of drug-likeness (QED) is 0.374.